The van der Waals surface area contributed by atoms with Crippen molar-refractivity contribution in [2.24, 2.45) is 0 Å². The Balaban J connectivity index is 1.91. The van der Waals surface area contributed by atoms with E-state index in [1.807, 2.05) is 6.07 Å². The van der Waals surface area contributed by atoms with Gasteiger partial charge in [0, 0.05) is 38.0 Å². The molecule has 0 fully saturated rings. The number of carbonyl (C=O) groups is 1. The molecule has 0 bridgehead atoms. The average Bonchev–Trinajstić information content (AvgIpc) is 2.67. The van der Waals surface area contributed by atoms with Crippen molar-refractivity contribution < 1.29 is 9.53 Å². The Hall–Kier alpha value is -2.41. The fourth-order valence-electron chi connectivity index (χ4n) is 2.61. The summed E-state index contributed by atoms with van der Waals surface area (Å²) in [4.78, 5) is 29.3. The molecule has 0 atom stereocenters. The summed E-state index contributed by atoms with van der Waals surface area (Å²) >= 11 is 12.0. The average molecular weight is 406 g/mol. The first-order valence-electron chi connectivity index (χ1n) is 8.21. The molecule has 6 nitrogen and oxygen atoms in total. The molecule has 2 heterocycles. The molecule has 2 aromatic heterocycles. The van der Waals surface area contributed by atoms with E-state index in [-0.39, 0.29) is 11.5 Å². The minimum absolute atomic E-state index is 0.238. The van der Waals surface area contributed by atoms with Crippen molar-refractivity contribution in [2.45, 2.75) is 6.42 Å². The molecular weight excluding hydrogens is 389 g/mol. The van der Waals surface area contributed by atoms with Crippen LogP contribution in [0.2, 0.25) is 10.0 Å². The van der Waals surface area contributed by atoms with Crippen molar-refractivity contribution in [2.75, 3.05) is 20.3 Å². The lowest BCUT2D eigenvalue weighted by molar-refractivity contribution is 0.0936. The molecule has 0 spiro atoms. The molecule has 3 aromatic rings. The number of hydrogen-bond donors (Lipinski definition) is 1. The van der Waals surface area contributed by atoms with Crippen LogP contribution in [0.25, 0.3) is 5.65 Å². The second-order valence-corrected chi connectivity index (χ2v) is 6.72. The maximum absolute atomic E-state index is 12.8. The van der Waals surface area contributed by atoms with Crippen LogP contribution in [-0.4, -0.2) is 35.6 Å². The Morgan fingerprint density at radius 3 is 2.78 bits per heavy atom. The lowest BCUT2D eigenvalue weighted by Gasteiger charge is -2.08. The van der Waals surface area contributed by atoms with Crippen LogP contribution >= 0.6 is 23.2 Å². The van der Waals surface area contributed by atoms with Crippen molar-refractivity contribution in [3.8, 4) is 0 Å². The summed E-state index contributed by atoms with van der Waals surface area (Å²) in [6, 6.07) is 8.48. The van der Waals surface area contributed by atoms with Crippen molar-refractivity contribution in [1.82, 2.24) is 14.7 Å². The van der Waals surface area contributed by atoms with E-state index in [4.69, 9.17) is 27.9 Å². The lowest BCUT2D eigenvalue weighted by atomic mass is 10.1. The van der Waals surface area contributed by atoms with Gasteiger partial charge < -0.3 is 10.1 Å². The van der Waals surface area contributed by atoms with Gasteiger partial charge in [-0.2, -0.15) is 0 Å². The van der Waals surface area contributed by atoms with E-state index in [0.29, 0.717) is 46.4 Å². The molecule has 0 aliphatic heterocycles. The van der Waals surface area contributed by atoms with Crippen LogP contribution in [0.3, 0.4) is 0 Å². The van der Waals surface area contributed by atoms with Crippen molar-refractivity contribution in [1.29, 1.82) is 0 Å². The van der Waals surface area contributed by atoms with Crippen LogP contribution < -0.4 is 10.9 Å². The predicted octanol–water partition coefficient (Wildman–Crippen LogP) is 2.97. The monoisotopic (exact) mass is 405 g/mol. The van der Waals surface area contributed by atoms with E-state index in [1.54, 1.807) is 37.6 Å². The van der Waals surface area contributed by atoms with E-state index in [2.05, 4.69) is 10.3 Å². The molecular formula is C19H17Cl2N3O3. The van der Waals surface area contributed by atoms with Gasteiger partial charge in [-0.3, -0.25) is 14.0 Å². The topological polar surface area (TPSA) is 72.7 Å². The Bertz CT molecular complexity index is 1050. The number of carbonyl (C=O) groups excluding carboxylic acids is 1. The number of rotatable bonds is 6. The van der Waals surface area contributed by atoms with Crippen molar-refractivity contribution in [3.05, 3.63) is 79.8 Å². The molecule has 8 heteroatoms. The molecule has 27 heavy (non-hydrogen) atoms. The fourth-order valence-corrected chi connectivity index (χ4v) is 2.93. The number of methoxy groups -OCH3 is 1. The third-order valence-electron chi connectivity index (χ3n) is 4.01. The molecule has 1 amide bonds. The predicted molar refractivity (Wildman–Crippen MR) is 105 cm³/mol. The number of nitrogens with one attached hydrogen (secondary N) is 1. The standard InChI is InChI=1S/C19H17Cl2N3O3/c1-27-7-6-22-18(25)13-3-5-17-23-10-14(19(26)24(17)11-13)8-12-2-4-15(20)16(21)9-12/h2-5,9-11H,6-8H2,1H3,(H,22,25). The summed E-state index contributed by atoms with van der Waals surface area (Å²) in [6.45, 7) is 0.798. The molecule has 0 saturated heterocycles. The summed E-state index contributed by atoms with van der Waals surface area (Å²) in [5.41, 5.74) is 1.93. The number of amides is 1. The van der Waals surface area contributed by atoms with E-state index < -0.39 is 0 Å². The van der Waals surface area contributed by atoms with Gasteiger partial charge in [-0.05, 0) is 29.8 Å². The molecule has 140 valence electrons. The third-order valence-corrected chi connectivity index (χ3v) is 4.74. The number of nitrogens with zero attached hydrogens (tertiary/aromatic N) is 2. The van der Waals surface area contributed by atoms with Crippen LogP contribution in [0, 0.1) is 0 Å². The molecule has 0 unspecified atom stereocenters. The van der Waals surface area contributed by atoms with Crippen LogP contribution in [0.1, 0.15) is 21.5 Å². The molecule has 3 rings (SSSR count). The van der Waals surface area contributed by atoms with Gasteiger partial charge >= 0.3 is 0 Å². The van der Waals surface area contributed by atoms with Gasteiger partial charge in [0.2, 0.25) is 0 Å². The molecule has 0 aliphatic carbocycles. The summed E-state index contributed by atoms with van der Waals surface area (Å²) in [7, 11) is 1.56. The van der Waals surface area contributed by atoms with Gasteiger partial charge in [0.1, 0.15) is 5.65 Å². The van der Waals surface area contributed by atoms with Crippen LogP contribution in [0.4, 0.5) is 0 Å². The van der Waals surface area contributed by atoms with Gasteiger partial charge in [-0.15, -0.1) is 0 Å². The number of benzene rings is 1. The van der Waals surface area contributed by atoms with Crippen LogP contribution in [0.5, 0.6) is 0 Å². The Labute approximate surface area is 165 Å². The van der Waals surface area contributed by atoms with Gasteiger partial charge in [-0.1, -0.05) is 29.3 Å². The lowest BCUT2D eigenvalue weighted by Crippen LogP contribution is -2.28. The second-order valence-electron chi connectivity index (χ2n) is 5.91. The van der Waals surface area contributed by atoms with E-state index in [1.165, 1.54) is 10.6 Å². The minimum atomic E-state index is -0.282. The van der Waals surface area contributed by atoms with Gasteiger partial charge in [0.05, 0.1) is 22.2 Å². The zero-order valence-electron chi connectivity index (χ0n) is 14.5. The number of ether oxygens (including phenoxy) is 1. The quantitative estimate of drug-likeness (QED) is 0.639. The van der Waals surface area contributed by atoms with Crippen molar-refractivity contribution in [3.63, 3.8) is 0 Å². The first-order valence-corrected chi connectivity index (χ1v) is 8.96. The first kappa shape index (κ1) is 19.4. The van der Waals surface area contributed by atoms with Crippen LogP contribution in [0.15, 0.2) is 47.5 Å². The normalized spacial score (nSPS) is 10.9. The largest absolute Gasteiger partial charge is 0.383 e. The summed E-state index contributed by atoms with van der Waals surface area (Å²) < 4.78 is 6.28. The van der Waals surface area contributed by atoms with Gasteiger partial charge in [0.15, 0.2) is 0 Å². The first-order chi connectivity index (χ1) is 13.0. The maximum atomic E-state index is 12.8. The van der Waals surface area contributed by atoms with E-state index in [9.17, 15) is 9.59 Å². The van der Waals surface area contributed by atoms with E-state index >= 15 is 0 Å². The Morgan fingerprint density at radius 1 is 1.22 bits per heavy atom. The minimum Gasteiger partial charge on any atom is -0.383 e. The van der Waals surface area contributed by atoms with Gasteiger partial charge in [0.25, 0.3) is 11.5 Å². The molecule has 1 aromatic carbocycles. The number of aromatic nitrogens is 2. The third kappa shape index (κ3) is 4.47. The number of hydrogen-bond acceptors (Lipinski definition) is 4. The smallest absolute Gasteiger partial charge is 0.261 e. The van der Waals surface area contributed by atoms with Gasteiger partial charge in [-0.25, -0.2) is 4.98 Å². The Kier molecular flexibility index (Phi) is 6.11. The summed E-state index contributed by atoms with van der Waals surface area (Å²) in [6.07, 6.45) is 3.39. The maximum Gasteiger partial charge on any atom is 0.261 e. The molecule has 0 radical (unpaired) electrons. The number of fused-ring (bicyclic) bond motifs is 1. The molecule has 0 aliphatic rings. The SMILES string of the molecule is COCCNC(=O)c1ccc2ncc(Cc3ccc(Cl)c(Cl)c3)c(=O)n2c1. The molecule has 0 saturated carbocycles. The number of pyridine rings is 1. The fraction of sp³-hybridized carbons (Fsp3) is 0.211. The van der Waals surface area contributed by atoms with E-state index in [0.717, 1.165) is 5.56 Å². The summed E-state index contributed by atoms with van der Waals surface area (Å²) in [5, 5.41) is 3.61. The highest BCUT2D eigenvalue weighted by atomic mass is 35.5. The zero-order chi connectivity index (χ0) is 19.4. The second kappa shape index (κ2) is 8.52. The Morgan fingerprint density at radius 2 is 2.04 bits per heavy atom. The number of halogens is 2. The molecule has 1 N–H and O–H groups in total. The van der Waals surface area contributed by atoms with Crippen LogP contribution in [-0.2, 0) is 11.2 Å². The zero-order valence-corrected chi connectivity index (χ0v) is 16.0. The highest BCUT2D eigenvalue weighted by Gasteiger charge is 2.11. The highest BCUT2D eigenvalue weighted by molar-refractivity contribution is 6.42. The highest BCUT2D eigenvalue weighted by Crippen LogP contribution is 2.23. The summed E-state index contributed by atoms with van der Waals surface area (Å²) in [5.74, 6) is -0.282. The van der Waals surface area contributed by atoms with Crippen molar-refractivity contribution >= 4 is 34.8 Å².